The predicted octanol–water partition coefficient (Wildman–Crippen LogP) is 3.62. The Morgan fingerprint density at radius 2 is 1.82 bits per heavy atom. The van der Waals surface area contributed by atoms with Crippen molar-refractivity contribution in [3.05, 3.63) is 93.4 Å². The van der Waals surface area contributed by atoms with Crippen LogP contribution in [0.4, 0.5) is 5.69 Å². The Labute approximate surface area is 201 Å². The summed E-state index contributed by atoms with van der Waals surface area (Å²) in [6.45, 7) is 1.87. The average Bonchev–Trinajstić information content (AvgIpc) is 3.08. The second-order valence-electron chi connectivity index (χ2n) is 7.89. The van der Waals surface area contributed by atoms with Gasteiger partial charge in [-0.3, -0.25) is 9.36 Å². The predicted molar refractivity (Wildman–Crippen MR) is 131 cm³/mol. The molecule has 0 aliphatic carbocycles. The lowest BCUT2D eigenvalue weighted by Gasteiger charge is -2.19. The first-order valence-electron chi connectivity index (χ1n) is 10.4. The zero-order chi connectivity index (χ0) is 24.5. The van der Waals surface area contributed by atoms with Crippen LogP contribution in [0.5, 0.6) is 0 Å². The largest absolute Gasteiger partial charge is 0.419 e. The molecule has 1 amide bonds. The molecule has 4 aromatic rings. The first kappa shape index (κ1) is 23.7. The van der Waals surface area contributed by atoms with Crippen molar-refractivity contribution in [3.8, 4) is 0 Å². The van der Waals surface area contributed by atoms with Crippen molar-refractivity contribution in [2.45, 2.75) is 24.3 Å². The normalized spacial score (nSPS) is 12.6. The zero-order valence-electron chi connectivity index (χ0n) is 18.4. The lowest BCUT2D eigenvalue weighted by Crippen LogP contribution is -2.45. The number of anilines is 1. The highest BCUT2D eigenvalue weighted by atomic mass is 35.5. The van der Waals surface area contributed by atoms with Crippen LogP contribution in [0.25, 0.3) is 11.1 Å². The molecule has 0 aliphatic rings. The topological polar surface area (TPSA) is 110 Å². The molecular formula is C24H22ClN3O5S. The van der Waals surface area contributed by atoms with E-state index in [1.54, 1.807) is 42.5 Å². The average molecular weight is 500 g/mol. The molecule has 0 unspecified atom stereocenters. The Bertz CT molecular complexity index is 1530. The van der Waals surface area contributed by atoms with Gasteiger partial charge in [0, 0.05) is 13.1 Å². The van der Waals surface area contributed by atoms with E-state index in [0.717, 1.165) is 11.1 Å². The second-order valence-corrected chi connectivity index (χ2v) is 10.0. The molecule has 0 saturated carbocycles. The fourth-order valence-corrected chi connectivity index (χ4v) is 5.01. The van der Waals surface area contributed by atoms with Crippen LogP contribution in [0.1, 0.15) is 11.1 Å². The number of nitrogens with zero attached hydrogens (tertiary/aromatic N) is 1. The maximum absolute atomic E-state index is 13.2. The van der Waals surface area contributed by atoms with Gasteiger partial charge < -0.3 is 9.73 Å². The van der Waals surface area contributed by atoms with Crippen molar-refractivity contribution in [1.82, 2.24) is 9.29 Å². The number of fused-ring (bicyclic) bond motifs is 1. The van der Waals surface area contributed by atoms with Crippen molar-refractivity contribution >= 4 is 44.3 Å². The molecule has 8 nitrogen and oxygen atoms in total. The molecule has 0 aliphatic heterocycles. The fourth-order valence-electron chi connectivity index (χ4n) is 3.52. The fraction of sp³-hybridized carbons (Fsp3) is 0.167. The molecule has 3 aromatic carbocycles. The third kappa shape index (κ3) is 5.06. The molecule has 1 atom stereocenters. The summed E-state index contributed by atoms with van der Waals surface area (Å²) in [6.07, 6.45) is 0.109. The number of halogens is 1. The summed E-state index contributed by atoms with van der Waals surface area (Å²) in [7, 11) is -2.62. The summed E-state index contributed by atoms with van der Waals surface area (Å²) in [6, 6.07) is 17.2. The van der Waals surface area contributed by atoms with Gasteiger partial charge in [-0.1, -0.05) is 48.0 Å². The number of carbonyl (C=O) groups excluding carboxylic acids is 1. The van der Waals surface area contributed by atoms with Crippen molar-refractivity contribution in [1.29, 1.82) is 0 Å². The molecule has 2 N–H and O–H groups in total. The number of hydrogen-bond donors (Lipinski definition) is 2. The molecule has 1 aromatic heterocycles. The lowest BCUT2D eigenvalue weighted by molar-refractivity contribution is -0.117. The van der Waals surface area contributed by atoms with E-state index in [1.165, 1.54) is 29.8 Å². The molecule has 4 rings (SSSR count). The van der Waals surface area contributed by atoms with Gasteiger partial charge in [-0.25, -0.2) is 13.2 Å². The standard InChI is InChI=1S/C24H22ClN3O5S/c1-15-8-10-19(18(25)12-15)26-23(29)20(13-16-6-4-3-5-7-16)27-34(31,32)17-9-11-21-22(14-17)33-24(30)28(21)2/h3-12,14,20,27H,13H2,1-2H3,(H,26,29)/t20-/m0/s1. The Morgan fingerprint density at radius 1 is 1.09 bits per heavy atom. The molecule has 0 radical (unpaired) electrons. The molecule has 0 fully saturated rings. The van der Waals surface area contributed by atoms with Crippen molar-refractivity contribution in [3.63, 3.8) is 0 Å². The first-order chi connectivity index (χ1) is 16.1. The molecule has 176 valence electrons. The Hall–Kier alpha value is -3.40. The van der Waals surface area contributed by atoms with Gasteiger partial charge in [-0.15, -0.1) is 0 Å². The van der Waals surface area contributed by atoms with Gasteiger partial charge >= 0.3 is 5.76 Å². The lowest BCUT2D eigenvalue weighted by atomic mass is 10.1. The van der Waals surface area contributed by atoms with Gasteiger partial charge in [0.05, 0.1) is 21.1 Å². The molecule has 0 bridgehead atoms. The number of aryl methyl sites for hydroxylation is 2. The summed E-state index contributed by atoms with van der Waals surface area (Å²) >= 11 is 6.25. The summed E-state index contributed by atoms with van der Waals surface area (Å²) < 4.78 is 35.3. The Kier molecular flexibility index (Phi) is 6.60. The van der Waals surface area contributed by atoms with Gasteiger partial charge in [0.25, 0.3) is 0 Å². The Balaban J connectivity index is 1.65. The number of nitrogens with one attached hydrogen (secondary N) is 2. The monoisotopic (exact) mass is 499 g/mol. The minimum absolute atomic E-state index is 0.109. The number of hydrogen-bond acceptors (Lipinski definition) is 5. The molecule has 0 saturated heterocycles. The van der Waals surface area contributed by atoms with Gasteiger partial charge in [0.15, 0.2) is 5.58 Å². The van der Waals surface area contributed by atoms with Gasteiger partial charge in [0.2, 0.25) is 15.9 Å². The number of carbonyl (C=O) groups is 1. The van der Waals surface area contributed by atoms with Crippen LogP contribution in [-0.2, 0) is 28.3 Å². The summed E-state index contributed by atoms with van der Waals surface area (Å²) in [5.41, 5.74) is 2.65. The first-order valence-corrected chi connectivity index (χ1v) is 12.2. The second kappa shape index (κ2) is 9.46. The maximum atomic E-state index is 13.2. The Morgan fingerprint density at radius 3 is 2.53 bits per heavy atom. The van der Waals surface area contributed by atoms with Crippen LogP contribution in [0.3, 0.4) is 0 Å². The minimum atomic E-state index is -4.14. The number of benzene rings is 3. The third-order valence-electron chi connectivity index (χ3n) is 5.35. The number of sulfonamides is 1. The van der Waals surface area contributed by atoms with Crippen LogP contribution in [0.2, 0.25) is 5.02 Å². The van der Waals surface area contributed by atoms with E-state index >= 15 is 0 Å². The van der Waals surface area contributed by atoms with Crippen LogP contribution in [-0.4, -0.2) is 24.9 Å². The van der Waals surface area contributed by atoms with Crippen LogP contribution >= 0.6 is 11.6 Å². The van der Waals surface area contributed by atoms with Crippen LogP contribution in [0, 0.1) is 6.92 Å². The quantitative estimate of drug-likeness (QED) is 0.403. The van der Waals surface area contributed by atoms with E-state index in [-0.39, 0.29) is 16.9 Å². The van der Waals surface area contributed by atoms with Gasteiger partial charge in [-0.2, -0.15) is 4.72 Å². The molecular weight excluding hydrogens is 478 g/mol. The SMILES string of the molecule is Cc1ccc(NC(=O)[C@H](Cc2ccccc2)NS(=O)(=O)c2ccc3c(c2)oc(=O)n3C)c(Cl)c1. The van der Waals surface area contributed by atoms with Crippen LogP contribution in [0.15, 0.2) is 80.8 Å². The highest BCUT2D eigenvalue weighted by Crippen LogP contribution is 2.24. The smallest absolute Gasteiger partial charge is 0.408 e. The van der Waals surface area contributed by atoms with E-state index in [1.807, 2.05) is 13.0 Å². The zero-order valence-corrected chi connectivity index (χ0v) is 20.0. The van der Waals surface area contributed by atoms with E-state index in [2.05, 4.69) is 10.0 Å². The molecule has 10 heteroatoms. The number of oxazole rings is 1. The van der Waals surface area contributed by atoms with Gasteiger partial charge in [-0.05, 0) is 48.7 Å². The minimum Gasteiger partial charge on any atom is -0.408 e. The molecule has 34 heavy (non-hydrogen) atoms. The summed E-state index contributed by atoms with van der Waals surface area (Å²) in [4.78, 5) is 24.8. The van der Waals surface area contributed by atoms with Crippen molar-refractivity contribution in [2.24, 2.45) is 7.05 Å². The summed E-state index contributed by atoms with van der Waals surface area (Å²) in [5.74, 6) is -1.17. The van der Waals surface area contributed by atoms with E-state index in [4.69, 9.17) is 16.0 Å². The maximum Gasteiger partial charge on any atom is 0.419 e. The van der Waals surface area contributed by atoms with Gasteiger partial charge in [0.1, 0.15) is 6.04 Å². The number of amides is 1. The molecule has 0 spiro atoms. The highest BCUT2D eigenvalue weighted by Gasteiger charge is 2.27. The van der Waals surface area contributed by atoms with E-state index in [0.29, 0.717) is 16.2 Å². The molecule has 1 heterocycles. The van der Waals surface area contributed by atoms with E-state index in [9.17, 15) is 18.0 Å². The highest BCUT2D eigenvalue weighted by molar-refractivity contribution is 7.89. The number of rotatable bonds is 7. The van der Waals surface area contributed by atoms with Crippen LogP contribution < -0.4 is 15.8 Å². The summed E-state index contributed by atoms with van der Waals surface area (Å²) in [5, 5.41) is 3.06. The third-order valence-corrected chi connectivity index (χ3v) is 7.14. The van der Waals surface area contributed by atoms with Crippen molar-refractivity contribution < 1.29 is 17.6 Å². The van der Waals surface area contributed by atoms with E-state index < -0.39 is 27.7 Å². The number of aromatic nitrogens is 1. The van der Waals surface area contributed by atoms with Crippen molar-refractivity contribution in [2.75, 3.05) is 5.32 Å².